The Labute approximate surface area is 170 Å². The molecule has 1 fully saturated rings. The molecule has 1 aliphatic heterocycles. The number of aryl methyl sites for hydroxylation is 2. The Morgan fingerprint density at radius 3 is 2.34 bits per heavy atom. The van der Waals surface area contributed by atoms with E-state index in [2.05, 4.69) is 4.72 Å². The van der Waals surface area contributed by atoms with Crippen molar-refractivity contribution in [3.63, 3.8) is 0 Å². The van der Waals surface area contributed by atoms with Crippen LogP contribution in [-0.4, -0.2) is 52.6 Å². The zero-order valence-corrected chi connectivity index (χ0v) is 17.3. The molecule has 2 aromatic rings. The highest BCUT2D eigenvalue weighted by atomic mass is 32.2. The van der Waals surface area contributed by atoms with Crippen LogP contribution in [-0.2, 0) is 37.6 Å². The molecule has 1 heterocycles. The van der Waals surface area contributed by atoms with E-state index in [0.29, 0.717) is 13.2 Å². The average Bonchev–Trinajstić information content (AvgIpc) is 3.18. The topological polar surface area (TPSA) is 113 Å². The standard InChI is InChI=1S/C19H22N2O6S2/c22-19-7-6-17(29(25,26)21-8-10-27-11-9-21)13-18(19)20-28(23,24)16-5-4-14-2-1-3-15(14)12-16/h4-7,12-13,20,22H,1-3,8-11H2. The third-order valence-electron chi connectivity index (χ3n) is 5.20. The van der Waals surface area contributed by atoms with Crippen LogP contribution in [0.4, 0.5) is 5.69 Å². The quantitative estimate of drug-likeness (QED) is 0.687. The number of nitrogens with zero attached hydrogens (tertiary/aromatic N) is 1. The van der Waals surface area contributed by atoms with Crippen molar-refractivity contribution in [1.82, 2.24) is 4.31 Å². The second-order valence-electron chi connectivity index (χ2n) is 7.08. The maximum atomic E-state index is 12.8. The van der Waals surface area contributed by atoms with Gasteiger partial charge in [0, 0.05) is 13.1 Å². The Morgan fingerprint density at radius 2 is 1.59 bits per heavy atom. The molecule has 0 aromatic heterocycles. The number of ether oxygens (including phenoxy) is 1. The highest BCUT2D eigenvalue weighted by Crippen LogP contribution is 2.31. The summed E-state index contributed by atoms with van der Waals surface area (Å²) in [5.74, 6) is -0.351. The number of aromatic hydroxyl groups is 1. The van der Waals surface area contributed by atoms with Crippen molar-refractivity contribution in [3.8, 4) is 5.75 Å². The van der Waals surface area contributed by atoms with E-state index in [1.807, 2.05) is 0 Å². The Hall–Kier alpha value is -2.14. The van der Waals surface area contributed by atoms with Gasteiger partial charge in [-0.15, -0.1) is 0 Å². The summed E-state index contributed by atoms with van der Waals surface area (Å²) in [5.41, 5.74) is 1.96. The van der Waals surface area contributed by atoms with Gasteiger partial charge in [-0.05, 0) is 60.7 Å². The predicted molar refractivity (Wildman–Crippen MR) is 107 cm³/mol. The van der Waals surface area contributed by atoms with Crippen molar-refractivity contribution in [1.29, 1.82) is 0 Å². The second-order valence-corrected chi connectivity index (χ2v) is 10.7. The van der Waals surface area contributed by atoms with Crippen LogP contribution in [0.2, 0.25) is 0 Å². The van der Waals surface area contributed by atoms with Gasteiger partial charge in [0.2, 0.25) is 10.0 Å². The first-order valence-corrected chi connectivity index (χ1v) is 12.3. The molecule has 1 aliphatic carbocycles. The zero-order valence-electron chi connectivity index (χ0n) is 15.7. The van der Waals surface area contributed by atoms with E-state index in [4.69, 9.17) is 4.74 Å². The summed E-state index contributed by atoms with van der Waals surface area (Å²) >= 11 is 0. The minimum atomic E-state index is -3.98. The van der Waals surface area contributed by atoms with Gasteiger partial charge in [-0.25, -0.2) is 16.8 Å². The molecule has 0 saturated carbocycles. The van der Waals surface area contributed by atoms with Crippen LogP contribution >= 0.6 is 0 Å². The maximum absolute atomic E-state index is 12.8. The van der Waals surface area contributed by atoms with Crippen LogP contribution in [0.3, 0.4) is 0 Å². The fourth-order valence-corrected chi connectivity index (χ4v) is 6.16. The van der Waals surface area contributed by atoms with Gasteiger partial charge in [-0.3, -0.25) is 4.72 Å². The smallest absolute Gasteiger partial charge is 0.262 e. The molecule has 4 rings (SSSR count). The number of sulfonamides is 2. The molecule has 0 spiro atoms. The molecule has 0 amide bonds. The van der Waals surface area contributed by atoms with Crippen LogP contribution in [0.25, 0.3) is 0 Å². The first-order valence-electron chi connectivity index (χ1n) is 9.33. The van der Waals surface area contributed by atoms with Crippen molar-refractivity contribution in [2.45, 2.75) is 29.1 Å². The van der Waals surface area contributed by atoms with E-state index >= 15 is 0 Å². The molecule has 10 heteroatoms. The van der Waals surface area contributed by atoms with Gasteiger partial charge in [-0.1, -0.05) is 6.07 Å². The third-order valence-corrected chi connectivity index (χ3v) is 8.46. The number of phenols is 1. The van der Waals surface area contributed by atoms with Gasteiger partial charge in [-0.2, -0.15) is 4.31 Å². The number of fused-ring (bicyclic) bond motifs is 1. The van der Waals surface area contributed by atoms with Crippen LogP contribution in [0.5, 0.6) is 5.75 Å². The van der Waals surface area contributed by atoms with Crippen molar-refractivity contribution in [2.75, 3.05) is 31.0 Å². The monoisotopic (exact) mass is 438 g/mol. The minimum absolute atomic E-state index is 0.0824. The lowest BCUT2D eigenvalue weighted by Gasteiger charge is -2.26. The van der Waals surface area contributed by atoms with Crippen LogP contribution in [0.15, 0.2) is 46.2 Å². The summed E-state index contributed by atoms with van der Waals surface area (Å²) in [5, 5.41) is 10.1. The van der Waals surface area contributed by atoms with Gasteiger partial charge in [0.05, 0.1) is 28.7 Å². The van der Waals surface area contributed by atoms with Gasteiger partial charge in [0.15, 0.2) is 0 Å². The molecular formula is C19H22N2O6S2. The normalized spacial score (nSPS) is 17.8. The van der Waals surface area contributed by atoms with E-state index in [9.17, 15) is 21.9 Å². The van der Waals surface area contributed by atoms with E-state index in [1.54, 1.807) is 12.1 Å². The Morgan fingerprint density at radius 1 is 0.897 bits per heavy atom. The molecule has 0 radical (unpaired) electrons. The predicted octanol–water partition coefficient (Wildman–Crippen LogP) is 1.70. The minimum Gasteiger partial charge on any atom is -0.506 e. The third kappa shape index (κ3) is 3.97. The lowest BCUT2D eigenvalue weighted by molar-refractivity contribution is 0.0730. The van der Waals surface area contributed by atoms with Crippen molar-refractivity contribution < 1.29 is 26.7 Å². The number of hydrogen-bond donors (Lipinski definition) is 2. The fraction of sp³-hybridized carbons (Fsp3) is 0.368. The second kappa shape index (κ2) is 7.60. The zero-order chi connectivity index (χ0) is 20.6. The number of morpholine rings is 1. The first kappa shape index (κ1) is 20.1. The molecule has 0 bridgehead atoms. The maximum Gasteiger partial charge on any atom is 0.262 e. The molecular weight excluding hydrogens is 416 g/mol. The molecule has 2 N–H and O–H groups in total. The SMILES string of the molecule is O=S(=O)(Nc1cc(S(=O)(=O)N2CCOCC2)ccc1O)c1ccc2c(c1)CCC2. The van der Waals surface area contributed by atoms with Crippen molar-refractivity contribution in [3.05, 3.63) is 47.5 Å². The number of anilines is 1. The first-order chi connectivity index (χ1) is 13.8. The molecule has 0 atom stereocenters. The van der Waals surface area contributed by atoms with E-state index in [0.717, 1.165) is 36.5 Å². The highest BCUT2D eigenvalue weighted by Gasteiger charge is 2.28. The summed E-state index contributed by atoms with van der Waals surface area (Å²) in [7, 11) is -7.81. The van der Waals surface area contributed by atoms with Crippen LogP contribution in [0, 0.1) is 0 Å². The Bertz CT molecular complexity index is 1140. The molecule has 2 aromatic carbocycles. The number of phenolic OH excluding ortho intramolecular Hbond substituents is 1. The summed E-state index contributed by atoms with van der Waals surface area (Å²) in [4.78, 5) is -0.0113. The van der Waals surface area contributed by atoms with E-state index in [1.165, 1.54) is 22.5 Å². The highest BCUT2D eigenvalue weighted by molar-refractivity contribution is 7.92. The molecule has 156 valence electrons. The Balaban J connectivity index is 1.64. The van der Waals surface area contributed by atoms with Gasteiger partial charge < -0.3 is 9.84 Å². The molecule has 0 unspecified atom stereocenters. The van der Waals surface area contributed by atoms with E-state index in [-0.39, 0.29) is 34.3 Å². The number of benzene rings is 2. The molecule has 1 saturated heterocycles. The lowest BCUT2D eigenvalue weighted by Crippen LogP contribution is -2.40. The van der Waals surface area contributed by atoms with Crippen molar-refractivity contribution >= 4 is 25.7 Å². The summed E-state index contributed by atoms with van der Waals surface area (Å²) in [6.45, 7) is 1.04. The molecule has 8 nitrogen and oxygen atoms in total. The molecule has 2 aliphatic rings. The lowest BCUT2D eigenvalue weighted by atomic mass is 10.1. The van der Waals surface area contributed by atoms with Crippen LogP contribution < -0.4 is 4.72 Å². The molecule has 29 heavy (non-hydrogen) atoms. The van der Waals surface area contributed by atoms with Crippen molar-refractivity contribution in [2.24, 2.45) is 0 Å². The number of nitrogens with one attached hydrogen (secondary N) is 1. The summed E-state index contributed by atoms with van der Waals surface area (Å²) in [6, 6.07) is 8.54. The largest absolute Gasteiger partial charge is 0.506 e. The summed E-state index contributed by atoms with van der Waals surface area (Å²) in [6.07, 6.45) is 2.76. The van der Waals surface area contributed by atoms with Gasteiger partial charge >= 0.3 is 0 Å². The number of rotatable bonds is 5. The fourth-order valence-electron chi connectivity index (χ4n) is 3.61. The van der Waals surface area contributed by atoms with Gasteiger partial charge in [0.25, 0.3) is 10.0 Å². The Kier molecular flexibility index (Phi) is 5.28. The number of hydrogen-bond acceptors (Lipinski definition) is 6. The van der Waals surface area contributed by atoms with Crippen LogP contribution in [0.1, 0.15) is 17.5 Å². The summed E-state index contributed by atoms with van der Waals surface area (Å²) < 4.78 is 60.1. The van der Waals surface area contributed by atoms with Gasteiger partial charge in [0.1, 0.15) is 5.75 Å². The average molecular weight is 439 g/mol. The van der Waals surface area contributed by atoms with E-state index < -0.39 is 20.0 Å².